The number of ether oxygens (including phenoxy) is 2. The number of halogens is 3. The van der Waals surface area contributed by atoms with Gasteiger partial charge >= 0.3 is 19.9 Å². The number of hydrogen-bond donors (Lipinski definition) is 2. The van der Waals surface area contributed by atoms with E-state index in [2.05, 4.69) is 24.8 Å². The number of nitrogens with one attached hydrogen (secondary N) is 1. The lowest BCUT2D eigenvalue weighted by atomic mass is 10.2. The van der Waals surface area contributed by atoms with Crippen molar-refractivity contribution in [2.45, 2.75) is 26.6 Å². The van der Waals surface area contributed by atoms with Crippen LogP contribution in [0, 0.1) is 5.92 Å². The molecule has 0 spiro atoms. The maximum atomic E-state index is 12.0. The molecule has 11 nitrogen and oxygen atoms in total. The van der Waals surface area contributed by atoms with Gasteiger partial charge in [-0.05, 0) is 5.92 Å². The number of fused-ring (bicyclic) bond motifs is 1. The van der Waals surface area contributed by atoms with Crippen LogP contribution < -0.4 is 5.32 Å². The first-order valence-electron chi connectivity index (χ1n) is 8.67. The standard InChI is InChI=1S/C15H21F3N5O6P/c1-10(2)5-28-14(24)22-12-11-13(20-7-19-12)23(8-21-11)3-4-27-9-30(25,26)29-6-15(16,17)18/h7-8,10H,3-6,9H2,1-2H3,(H,25,26)(H,19,20,22,24). The lowest BCUT2D eigenvalue weighted by Crippen LogP contribution is -2.17. The number of rotatable bonds is 10. The second-order valence-electron chi connectivity index (χ2n) is 6.51. The first-order chi connectivity index (χ1) is 14.0. The van der Waals surface area contributed by atoms with Crippen LogP contribution in [0.25, 0.3) is 11.2 Å². The van der Waals surface area contributed by atoms with Crippen LogP contribution in [-0.2, 0) is 25.1 Å². The molecule has 1 unspecified atom stereocenters. The minimum atomic E-state index is -4.72. The average molecular weight is 455 g/mol. The van der Waals surface area contributed by atoms with E-state index in [4.69, 9.17) is 9.47 Å². The number of carbonyl (C=O) groups excluding carboxylic acids is 1. The third-order valence-electron chi connectivity index (χ3n) is 3.33. The maximum absolute atomic E-state index is 12.0. The number of anilines is 1. The molecule has 0 aromatic carbocycles. The second-order valence-corrected chi connectivity index (χ2v) is 8.30. The summed E-state index contributed by atoms with van der Waals surface area (Å²) in [5.41, 5.74) is 0.619. The van der Waals surface area contributed by atoms with Gasteiger partial charge in [0.1, 0.15) is 12.7 Å². The summed E-state index contributed by atoms with van der Waals surface area (Å²) in [6.45, 7) is 2.14. The van der Waals surface area contributed by atoms with E-state index < -0.39 is 32.8 Å². The van der Waals surface area contributed by atoms with Crippen molar-refractivity contribution in [3.63, 3.8) is 0 Å². The maximum Gasteiger partial charge on any atom is 0.412 e. The molecule has 0 aliphatic rings. The number of nitrogens with zero attached hydrogens (tertiary/aromatic N) is 4. The Labute approximate surface area is 169 Å². The van der Waals surface area contributed by atoms with E-state index in [1.165, 1.54) is 17.2 Å². The topological polar surface area (TPSA) is 138 Å². The van der Waals surface area contributed by atoms with Gasteiger partial charge in [-0.2, -0.15) is 13.2 Å². The molecule has 1 amide bonds. The average Bonchev–Trinajstić information content (AvgIpc) is 3.06. The summed E-state index contributed by atoms with van der Waals surface area (Å²) in [5.74, 6) is 0.294. The minimum Gasteiger partial charge on any atom is -0.449 e. The van der Waals surface area contributed by atoms with Gasteiger partial charge in [-0.15, -0.1) is 0 Å². The van der Waals surface area contributed by atoms with E-state index >= 15 is 0 Å². The monoisotopic (exact) mass is 455 g/mol. The lowest BCUT2D eigenvalue weighted by Gasteiger charge is -2.14. The fourth-order valence-electron chi connectivity index (χ4n) is 2.07. The Bertz CT molecular complexity index is 907. The summed E-state index contributed by atoms with van der Waals surface area (Å²) in [6.07, 6.45) is -3.74. The number of imidazole rings is 1. The van der Waals surface area contributed by atoms with Crippen LogP contribution in [0.4, 0.5) is 23.8 Å². The number of alkyl halides is 3. The van der Waals surface area contributed by atoms with Crippen molar-refractivity contribution in [1.82, 2.24) is 19.5 Å². The van der Waals surface area contributed by atoms with Crippen molar-refractivity contribution in [3.8, 4) is 0 Å². The van der Waals surface area contributed by atoms with Gasteiger partial charge < -0.3 is 18.9 Å². The van der Waals surface area contributed by atoms with Crippen LogP contribution in [-0.4, -0.2) is 62.9 Å². The van der Waals surface area contributed by atoms with Crippen LogP contribution in [0.15, 0.2) is 12.7 Å². The molecule has 0 aliphatic heterocycles. The predicted octanol–water partition coefficient (Wildman–Crippen LogP) is 2.77. The molecule has 0 aliphatic carbocycles. The molecular weight excluding hydrogens is 434 g/mol. The van der Waals surface area contributed by atoms with Crippen LogP contribution in [0.5, 0.6) is 0 Å². The molecule has 30 heavy (non-hydrogen) atoms. The van der Waals surface area contributed by atoms with E-state index in [-0.39, 0.29) is 37.0 Å². The molecule has 168 valence electrons. The predicted molar refractivity (Wildman–Crippen MR) is 97.8 cm³/mol. The second kappa shape index (κ2) is 10.2. The van der Waals surface area contributed by atoms with E-state index in [1.807, 2.05) is 13.8 Å². The quantitative estimate of drug-likeness (QED) is 0.409. The Hall–Kier alpha value is -2.28. The van der Waals surface area contributed by atoms with Gasteiger partial charge in [0, 0.05) is 6.54 Å². The highest BCUT2D eigenvalue weighted by atomic mass is 31.2. The van der Waals surface area contributed by atoms with Crippen molar-refractivity contribution in [2.75, 3.05) is 31.5 Å². The number of aromatic nitrogens is 4. The minimum absolute atomic E-state index is 0.115. The van der Waals surface area contributed by atoms with Gasteiger partial charge in [-0.25, -0.2) is 19.7 Å². The molecular formula is C15H21F3N5O6P. The zero-order valence-electron chi connectivity index (χ0n) is 16.1. The SMILES string of the molecule is CC(C)COC(=O)Nc1ncnc2c1ncn2CCOCP(=O)(O)OCC(F)(F)F. The van der Waals surface area contributed by atoms with Crippen LogP contribution in [0.2, 0.25) is 0 Å². The Morgan fingerprint density at radius 1 is 1.33 bits per heavy atom. The number of carbonyl (C=O) groups is 1. The molecule has 2 heterocycles. The van der Waals surface area contributed by atoms with Gasteiger partial charge in [0.15, 0.2) is 23.6 Å². The van der Waals surface area contributed by atoms with E-state index in [0.717, 1.165) is 0 Å². The van der Waals surface area contributed by atoms with Crippen molar-refractivity contribution in [1.29, 1.82) is 0 Å². The highest BCUT2D eigenvalue weighted by Crippen LogP contribution is 2.43. The fraction of sp³-hybridized carbons (Fsp3) is 0.600. The summed E-state index contributed by atoms with van der Waals surface area (Å²) in [5, 5.41) is 2.47. The molecule has 1 atom stereocenters. The fourth-order valence-corrected chi connectivity index (χ4v) is 2.85. The van der Waals surface area contributed by atoms with E-state index in [1.54, 1.807) is 0 Å². The molecule has 0 fully saturated rings. The van der Waals surface area contributed by atoms with Crippen molar-refractivity contribution < 1.29 is 41.4 Å². The van der Waals surface area contributed by atoms with Gasteiger partial charge in [0.05, 0.1) is 19.5 Å². The van der Waals surface area contributed by atoms with Gasteiger partial charge in [0.2, 0.25) is 0 Å². The van der Waals surface area contributed by atoms with Crippen molar-refractivity contribution in [3.05, 3.63) is 12.7 Å². The largest absolute Gasteiger partial charge is 0.449 e. The molecule has 0 bridgehead atoms. The highest BCUT2D eigenvalue weighted by Gasteiger charge is 2.32. The molecule has 0 saturated heterocycles. The first-order valence-corrected chi connectivity index (χ1v) is 10.4. The molecule has 2 rings (SSSR count). The number of hydrogen-bond acceptors (Lipinski definition) is 8. The van der Waals surface area contributed by atoms with Crippen LogP contribution in [0.1, 0.15) is 13.8 Å². The molecule has 0 radical (unpaired) electrons. The summed E-state index contributed by atoms with van der Waals surface area (Å²) >= 11 is 0. The summed E-state index contributed by atoms with van der Waals surface area (Å²) in [6, 6.07) is 0. The third kappa shape index (κ3) is 7.86. The van der Waals surface area contributed by atoms with Gasteiger partial charge in [0.25, 0.3) is 0 Å². The molecule has 0 saturated carbocycles. The zero-order valence-corrected chi connectivity index (χ0v) is 17.0. The molecule has 2 N–H and O–H groups in total. The van der Waals surface area contributed by atoms with Crippen LogP contribution >= 0.6 is 7.60 Å². The molecule has 2 aromatic heterocycles. The third-order valence-corrected chi connectivity index (χ3v) is 4.37. The summed E-state index contributed by atoms with van der Waals surface area (Å²) in [4.78, 5) is 33.2. The van der Waals surface area contributed by atoms with E-state index in [0.29, 0.717) is 5.65 Å². The Morgan fingerprint density at radius 3 is 2.73 bits per heavy atom. The van der Waals surface area contributed by atoms with E-state index in [9.17, 15) is 27.4 Å². The van der Waals surface area contributed by atoms with Crippen molar-refractivity contribution >= 4 is 30.7 Å². The lowest BCUT2D eigenvalue weighted by molar-refractivity contribution is -0.155. The van der Waals surface area contributed by atoms with Gasteiger partial charge in [-0.3, -0.25) is 14.4 Å². The van der Waals surface area contributed by atoms with Crippen molar-refractivity contribution in [2.24, 2.45) is 5.92 Å². The Kier molecular flexibility index (Phi) is 8.12. The van der Waals surface area contributed by atoms with Crippen LogP contribution in [0.3, 0.4) is 0 Å². The highest BCUT2D eigenvalue weighted by molar-refractivity contribution is 7.52. The first kappa shape index (κ1) is 24.0. The Balaban J connectivity index is 1.90. The molecule has 15 heteroatoms. The molecule has 2 aromatic rings. The smallest absolute Gasteiger partial charge is 0.412 e. The zero-order chi connectivity index (χ0) is 22.4. The summed E-state index contributed by atoms with van der Waals surface area (Å²) in [7, 11) is -4.54. The summed E-state index contributed by atoms with van der Waals surface area (Å²) < 4.78 is 63.1. The Morgan fingerprint density at radius 2 is 2.07 bits per heavy atom. The van der Waals surface area contributed by atoms with Gasteiger partial charge in [-0.1, -0.05) is 13.8 Å². The normalized spacial score (nSPS) is 14.1. The number of amides is 1.